The van der Waals surface area contributed by atoms with E-state index >= 15 is 4.39 Å². The number of rotatable bonds is 12. The number of benzene rings is 2. The number of nitrogens with two attached hydrogens (primary N) is 2. The van der Waals surface area contributed by atoms with Gasteiger partial charge in [0.1, 0.15) is 11.7 Å². The van der Waals surface area contributed by atoms with Gasteiger partial charge in [0.2, 0.25) is 5.95 Å². The van der Waals surface area contributed by atoms with Gasteiger partial charge in [0.05, 0.1) is 29.8 Å². The first-order valence-corrected chi connectivity index (χ1v) is 15.7. The van der Waals surface area contributed by atoms with Crippen molar-refractivity contribution in [2.75, 3.05) is 0 Å². The third-order valence-electron chi connectivity index (χ3n) is 8.54. The highest BCUT2D eigenvalue weighted by Crippen LogP contribution is 2.34. The molecule has 0 saturated heterocycles. The topological polar surface area (TPSA) is 182 Å². The van der Waals surface area contributed by atoms with Crippen molar-refractivity contribution >= 4 is 18.1 Å². The van der Waals surface area contributed by atoms with Crippen molar-refractivity contribution in [2.45, 2.75) is 103 Å². The molecule has 1 aliphatic carbocycles. The van der Waals surface area contributed by atoms with Crippen molar-refractivity contribution in [3.05, 3.63) is 81.0 Å². The van der Waals surface area contributed by atoms with Gasteiger partial charge in [0.15, 0.2) is 0 Å². The number of aliphatic hydroxyl groups is 3. The number of hydrogen-bond donors (Lipinski definition) is 5. The maximum absolute atomic E-state index is 15.8. The summed E-state index contributed by atoms with van der Waals surface area (Å²) in [4.78, 5) is 26.8. The van der Waals surface area contributed by atoms with Crippen LogP contribution in [0.4, 0.5) is 10.3 Å². The van der Waals surface area contributed by atoms with Crippen LogP contribution in [0, 0.1) is 5.82 Å². The van der Waals surface area contributed by atoms with E-state index in [0.717, 1.165) is 12.8 Å². The molecule has 7 N–H and O–H groups in total. The lowest BCUT2D eigenvalue weighted by Gasteiger charge is -2.35. The summed E-state index contributed by atoms with van der Waals surface area (Å²) in [6, 6.07) is 11.4. The SMILES string of the molecule is CCCc1nc(/N=C\N)n(C2CCC(OC(C)C(C)(C)O)CC2)c(=O)c1Cc1ccc(-c2ccccc2/C(N)=N/C(O)O)cc1F. The van der Waals surface area contributed by atoms with Crippen LogP contribution in [0.15, 0.2) is 57.2 Å². The quantitative estimate of drug-likeness (QED) is 0.113. The zero-order chi connectivity index (χ0) is 33.6. The number of nitrogens with zero attached hydrogens (tertiary/aromatic N) is 4. The standard InChI is InChI=1S/C34H45FN6O5/c1-5-8-29-27(17-22-12-11-21(18-28(22)35)25-9-6-7-10-26(25)30(37)40-33(43)44)31(42)41(32(39-29)38-19-36)23-13-15-24(16-14-23)46-20(2)34(3,4)45/h6-7,9-12,18-20,23-24,33,43-45H,5,8,13-17H2,1-4H3,(H2,37,40)(H2,36,38,39). The normalized spacial score (nSPS) is 18.4. The van der Waals surface area contributed by atoms with E-state index in [9.17, 15) is 20.1 Å². The minimum atomic E-state index is -1.98. The Morgan fingerprint density at radius 2 is 1.89 bits per heavy atom. The maximum atomic E-state index is 15.8. The number of amidine groups is 1. The lowest BCUT2D eigenvalue weighted by atomic mass is 9.91. The first kappa shape index (κ1) is 34.9. The van der Waals surface area contributed by atoms with E-state index in [4.69, 9.17) is 21.2 Å². The molecule has 12 heteroatoms. The van der Waals surface area contributed by atoms with Crippen LogP contribution < -0.4 is 17.0 Å². The molecule has 4 rings (SSSR count). The van der Waals surface area contributed by atoms with Gasteiger partial charge in [0, 0.05) is 23.6 Å². The molecule has 3 aromatic rings. The lowest BCUT2D eigenvalue weighted by Crippen LogP contribution is -2.40. The van der Waals surface area contributed by atoms with Crippen LogP contribution in [0.5, 0.6) is 0 Å². The first-order chi connectivity index (χ1) is 21.8. The summed E-state index contributed by atoms with van der Waals surface area (Å²) >= 11 is 0. The molecule has 2 aromatic carbocycles. The zero-order valence-electron chi connectivity index (χ0n) is 26.9. The molecular formula is C34H45FN6O5. The number of hydrogen-bond acceptors (Lipinski definition) is 8. The molecule has 1 unspecified atom stereocenters. The van der Waals surface area contributed by atoms with Crippen LogP contribution >= 0.6 is 0 Å². The van der Waals surface area contributed by atoms with Gasteiger partial charge in [-0.05, 0) is 75.6 Å². The van der Waals surface area contributed by atoms with E-state index in [1.54, 1.807) is 54.8 Å². The summed E-state index contributed by atoms with van der Waals surface area (Å²) in [7, 11) is 0. The van der Waals surface area contributed by atoms with Crippen LogP contribution in [-0.4, -0.2) is 61.3 Å². The fraction of sp³-hybridized carbons (Fsp3) is 0.471. The van der Waals surface area contributed by atoms with E-state index in [2.05, 4.69) is 9.98 Å². The molecule has 11 nitrogen and oxygen atoms in total. The molecule has 46 heavy (non-hydrogen) atoms. The molecular weight excluding hydrogens is 591 g/mol. The van der Waals surface area contributed by atoms with E-state index in [-0.39, 0.29) is 42.0 Å². The molecule has 0 bridgehead atoms. The number of ether oxygens (including phenoxy) is 1. The van der Waals surface area contributed by atoms with Crippen molar-refractivity contribution in [2.24, 2.45) is 21.5 Å². The summed E-state index contributed by atoms with van der Waals surface area (Å²) in [6.45, 7) is 7.27. The predicted molar refractivity (Wildman–Crippen MR) is 177 cm³/mol. The van der Waals surface area contributed by atoms with E-state index < -0.39 is 17.8 Å². The van der Waals surface area contributed by atoms with Crippen molar-refractivity contribution in [3.8, 4) is 11.1 Å². The van der Waals surface area contributed by atoms with Crippen LogP contribution in [0.3, 0.4) is 0 Å². The van der Waals surface area contributed by atoms with Gasteiger partial charge in [-0.25, -0.2) is 19.4 Å². The summed E-state index contributed by atoms with van der Waals surface area (Å²) < 4.78 is 23.5. The van der Waals surface area contributed by atoms with Gasteiger partial charge in [-0.15, -0.1) is 0 Å². The summed E-state index contributed by atoms with van der Waals surface area (Å²) in [5, 5.41) is 28.8. The minimum absolute atomic E-state index is 0.0312. The van der Waals surface area contributed by atoms with Crippen molar-refractivity contribution in [1.29, 1.82) is 0 Å². The van der Waals surface area contributed by atoms with E-state index in [1.807, 2.05) is 13.8 Å². The second kappa shape index (κ2) is 15.1. The average Bonchev–Trinajstić information content (AvgIpc) is 3.00. The molecule has 1 heterocycles. The largest absolute Gasteiger partial charge is 0.390 e. The highest BCUT2D eigenvalue weighted by Gasteiger charge is 2.31. The summed E-state index contributed by atoms with van der Waals surface area (Å²) in [5.74, 6) is -0.381. The Morgan fingerprint density at radius 3 is 2.50 bits per heavy atom. The Bertz CT molecular complexity index is 1620. The zero-order valence-corrected chi connectivity index (χ0v) is 26.9. The first-order valence-electron chi connectivity index (χ1n) is 15.7. The maximum Gasteiger partial charge on any atom is 0.259 e. The molecule has 0 aliphatic heterocycles. The molecule has 1 aliphatic rings. The molecule has 0 radical (unpaired) electrons. The number of aromatic nitrogens is 2. The third-order valence-corrected chi connectivity index (χ3v) is 8.54. The van der Waals surface area contributed by atoms with E-state index in [1.165, 1.54) is 6.07 Å². The Balaban J connectivity index is 1.68. The Labute approximate surface area is 268 Å². The van der Waals surface area contributed by atoms with Crippen LogP contribution in [0.1, 0.15) is 88.2 Å². The fourth-order valence-corrected chi connectivity index (χ4v) is 5.81. The van der Waals surface area contributed by atoms with Crippen molar-refractivity contribution in [3.63, 3.8) is 0 Å². The third kappa shape index (κ3) is 8.24. The second-order valence-corrected chi connectivity index (χ2v) is 12.3. The molecule has 1 aromatic heterocycles. The lowest BCUT2D eigenvalue weighted by molar-refractivity contribution is -0.118. The predicted octanol–water partition coefficient (Wildman–Crippen LogP) is 3.84. The number of halogens is 1. The van der Waals surface area contributed by atoms with Gasteiger partial charge in [-0.2, -0.15) is 0 Å². The Morgan fingerprint density at radius 1 is 1.20 bits per heavy atom. The van der Waals surface area contributed by atoms with Crippen molar-refractivity contribution in [1.82, 2.24) is 9.55 Å². The number of aliphatic imine (C=N–C) groups is 2. The van der Waals surface area contributed by atoms with Gasteiger partial charge < -0.3 is 31.5 Å². The number of aliphatic hydroxyl groups excluding tert-OH is 1. The van der Waals surface area contributed by atoms with Crippen LogP contribution in [0.25, 0.3) is 11.1 Å². The minimum Gasteiger partial charge on any atom is -0.390 e. The van der Waals surface area contributed by atoms with Gasteiger partial charge in [-0.1, -0.05) is 49.7 Å². The monoisotopic (exact) mass is 636 g/mol. The molecule has 1 fully saturated rings. The Kier molecular flexibility index (Phi) is 11.4. The molecule has 248 valence electrons. The fourth-order valence-electron chi connectivity index (χ4n) is 5.81. The van der Waals surface area contributed by atoms with E-state index in [0.29, 0.717) is 65.6 Å². The highest BCUT2D eigenvalue weighted by atomic mass is 19.1. The molecule has 0 spiro atoms. The second-order valence-electron chi connectivity index (χ2n) is 12.3. The number of aryl methyl sites for hydroxylation is 1. The smallest absolute Gasteiger partial charge is 0.259 e. The van der Waals surface area contributed by atoms with Crippen LogP contribution in [0.2, 0.25) is 0 Å². The van der Waals surface area contributed by atoms with Crippen LogP contribution in [-0.2, 0) is 17.6 Å². The molecule has 0 amide bonds. The van der Waals surface area contributed by atoms with Gasteiger partial charge in [0.25, 0.3) is 12.0 Å². The van der Waals surface area contributed by atoms with Gasteiger partial charge >= 0.3 is 0 Å². The molecule has 1 saturated carbocycles. The van der Waals surface area contributed by atoms with Crippen molar-refractivity contribution < 1.29 is 24.4 Å². The Hall–Kier alpha value is -3.97. The average molecular weight is 637 g/mol. The summed E-state index contributed by atoms with van der Waals surface area (Å²) in [6.07, 6.45) is 2.70. The highest BCUT2D eigenvalue weighted by molar-refractivity contribution is 6.03. The summed E-state index contributed by atoms with van der Waals surface area (Å²) in [5.41, 5.74) is 13.2. The van der Waals surface area contributed by atoms with Gasteiger partial charge in [-0.3, -0.25) is 9.36 Å². The molecule has 1 atom stereocenters.